The second kappa shape index (κ2) is 4.76. The second-order valence-corrected chi connectivity index (χ2v) is 4.64. The second-order valence-electron chi connectivity index (χ2n) is 3.04. The van der Waals surface area contributed by atoms with Crippen LogP contribution in [0.4, 0.5) is 26.3 Å². The van der Waals surface area contributed by atoms with Crippen molar-refractivity contribution in [2.45, 2.75) is 12.1 Å². The fourth-order valence-electron chi connectivity index (χ4n) is 0.904. The lowest BCUT2D eigenvalue weighted by Gasteiger charge is -2.08. The van der Waals surface area contributed by atoms with Gasteiger partial charge in [0.2, 0.25) is 0 Å². The summed E-state index contributed by atoms with van der Waals surface area (Å²) in [5, 5.41) is 0. The summed E-state index contributed by atoms with van der Waals surface area (Å²) in [6.07, 6.45) is 0. The van der Waals surface area contributed by atoms with Crippen LogP contribution >= 0.6 is 0 Å². The third-order valence-electron chi connectivity index (χ3n) is 1.71. The minimum absolute atomic E-state index is 0.324. The van der Waals surface area contributed by atoms with Gasteiger partial charge in [0.05, 0.1) is 6.61 Å². The standard InChI is InChI=1S/C8H4F6O3S/c9-5-1-4(2-6(10)7(5)11)3-17-18(15,16)8(12,13)14/h1-2H,3H2. The summed E-state index contributed by atoms with van der Waals surface area (Å²) in [7, 11) is -5.87. The number of alkyl halides is 3. The molecule has 0 aromatic heterocycles. The molecule has 18 heavy (non-hydrogen) atoms. The smallest absolute Gasteiger partial charge is 0.258 e. The van der Waals surface area contributed by atoms with Gasteiger partial charge in [-0.25, -0.2) is 13.2 Å². The van der Waals surface area contributed by atoms with Crippen LogP contribution in [0.5, 0.6) is 0 Å². The highest BCUT2D eigenvalue weighted by molar-refractivity contribution is 7.87. The first-order valence-corrected chi connectivity index (χ1v) is 5.54. The van der Waals surface area contributed by atoms with Gasteiger partial charge in [-0.1, -0.05) is 0 Å². The molecule has 10 heteroatoms. The maximum Gasteiger partial charge on any atom is 0.523 e. The molecule has 0 saturated carbocycles. The van der Waals surface area contributed by atoms with Gasteiger partial charge in [-0.05, 0) is 17.7 Å². The first-order chi connectivity index (χ1) is 8.04. The van der Waals surface area contributed by atoms with E-state index in [1.165, 1.54) is 0 Å². The quantitative estimate of drug-likeness (QED) is 0.372. The van der Waals surface area contributed by atoms with Crippen molar-refractivity contribution in [2.75, 3.05) is 0 Å². The lowest BCUT2D eigenvalue weighted by Crippen LogP contribution is -2.25. The zero-order chi connectivity index (χ0) is 14.1. The number of hydrogen-bond donors (Lipinski definition) is 0. The number of hydrogen-bond acceptors (Lipinski definition) is 3. The molecule has 3 nitrogen and oxygen atoms in total. The van der Waals surface area contributed by atoms with Gasteiger partial charge in [0.1, 0.15) is 0 Å². The van der Waals surface area contributed by atoms with Crippen LogP contribution in [0, 0.1) is 17.5 Å². The topological polar surface area (TPSA) is 43.4 Å². The van der Waals surface area contributed by atoms with Gasteiger partial charge in [0.25, 0.3) is 0 Å². The van der Waals surface area contributed by atoms with Crippen molar-refractivity contribution >= 4 is 10.1 Å². The third kappa shape index (κ3) is 3.13. The van der Waals surface area contributed by atoms with Crippen LogP contribution in [0.3, 0.4) is 0 Å². The maximum absolute atomic E-state index is 12.7. The van der Waals surface area contributed by atoms with E-state index in [4.69, 9.17) is 0 Å². The van der Waals surface area contributed by atoms with E-state index in [1.54, 1.807) is 0 Å². The molecule has 0 aliphatic heterocycles. The molecule has 0 atom stereocenters. The molecule has 1 aromatic carbocycles. The molecule has 0 radical (unpaired) electrons. The normalized spacial score (nSPS) is 12.8. The zero-order valence-electron chi connectivity index (χ0n) is 8.26. The summed E-state index contributed by atoms with van der Waals surface area (Å²) in [5.74, 6) is -5.16. The van der Waals surface area contributed by atoms with E-state index in [1.807, 2.05) is 0 Å². The molecule has 0 aliphatic carbocycles. The minimum Gasteiger partial charge on any atom is -0.258 e. The molecule has 1 rings (SSSR count). The fourth-order valence-corrected chi connectivity index (χ4v) is 1.33. The fraction of sp³-hybridized carbons (Fsp3) is 0.250. The Labute approximate surface area is 97.1 Å². The summed E-state index contributed by atoms with van der Waals surface area (Å²) in [6, 6.07) is 0.647. The Kier molecular flexibility index (Phi) is 3.91. The van der Waals surface area contributed by atoms with Crippen LogP contribution in [-0.2, 0) is 20.9 Å². The van der Waals surface area contributed by atoms with Crippen LogP contribution in [0.2, 0.25) is 0 Å². The van der Waals surface area contributed by atoms with Crippen molar-refractivity contribution in [2.24, 2.45) is 0 Å². The summed E-state index contributed by atoms with van der Waals surface area (Å²) >= 11 is 0. The predicted molar refractivity (Wildman–Crippen MR) is 46.1 cm³/mol. The van der Waals surface area contributed by atoms with E-state index in [0.29, 0.717) is 12.1 Å². The van der Waals surface area contributed by atoms with Crippen LogP contribution in [0.25, 0.3) is 0 Å². The zero-order valence-corrected chi connectivity index (χ0v) is 9.08. The van der Waals surface area contributed by atoms with Crippen molar-refractivity contribution in [1.82, 2.24) is 0 Å². The Hall–Kier alpha value is -1.29. The summed E-state index contributed by atoms with van der Waals surface area (Å²) in [4.78, 5) is 0. The van der Waals surface area contributed by atoms with Gasteiger partial charge in [0, 0.05) is 0 Å². The molecule has 0 N–H and O–H groups in total. The van der Waals surface area contributed by atoms with Gasteiger partial charge in [0.15, 0.2) is 17.5 Å². The van der Waals surface area contributed by atoms with Crippen molar-refractivity contribution in [1.29, 1.82) is 0 Å². The molecule has 0 saturated heterocycles. The highest BCUT2D eigenvalue weighted by atomic mass is 32.2. The average molecular weight is 294 g/mol. The average Bonchev–Trinajstić information content (AvgIpc) is 2.21. The maximum atomic E-state index is 12.7. The van der Waals surface area contributed by atoms with Crippen LogP contribution < -0.4 is 0 Å². The predicted octanol–water partition coefficient (Wildman–Crippen LogP) is 2.47. The van der Waals surface area contributed by atoms with E-state index in [0.717, 1.165) is 0 Å². The first-order valence-electron chi connectivity index (χ1n) is 4.13. The highest BCUT2D eigenvalue weighted by Gasteiger charge is 2.47. The first kappa shape index (κ1) is 14.8. The number of benzene rings is 1. The molecular formula is C8H4F6O3S. The highest BCUT2D eigenvalue weighted by Crippen LogP contribution is 2.25. The van der Waals surface area contributed by atoms with Crippen molar-refractivity contribution in [3.63, 3.8) is 0 Å². The minimum atomic E-state index is -5.87. The molecule has 1 aromatic rings. The summed E-state index contributed by atoms with van der Waals surface area (Å²) < 4.78 is 97.7. The Morgan fingerprint density at radius 3 is 1.89 bits per heavy atom. The Morgan fingerprint density at radius 2 is 1.50 bits per heavy atom. The lowest BCUT2D eigenvalue weighted by atomic mass is 10.2. The lowest BCUT2D eigenvalue weighted by molar-refractivity contribution is -0.0547. The molecule has 0 aliphatic rings. The van der Waals surface area contributed by atoms with E-state index < -0.39 is 45.2 Å². The van der Waals surface area contributed by atoms with Crippen molar-refractivity contribution < 1.29 is 38.9 Å². The molecule has 102 valence electrons. The Balaban J connectivity index is 2.89. The summed E-state index contributed by atoms with van der Waals surface area (Å²) in [6.45, 7) is -1.27. The van der Waals surface area contributed by atoms with Crippen molar-refractivity contribution in [3.8, 4) is 0 Å². The van der Waals surface area contributed by atoms with Gasteiger partial charge in [-0.3, -0.25) is 4.18 Å². The van der Waals surface area contributed by atoms with E-state index in [9.17, 15) is 34.8 Å². The van der Waals surface area contributed by atoms with E-state index in [-0.39, 0.29) is 0 Å². The molecule has 0 fully saturated rings. The van der Waals surface area contributed by atoms with Crippen LogP contribution in [0.15, 0.2) is 12.1 Å². The van der Waals surface area contributed by atoms with Crippen LogP contribution in [-0.4, -0.2) is 13.9 Å². The van der Waals surface area contributed by atoms with Gasteiger partial charge >= 0.3 is 15.6 Å². The van der Waals surface area contributed by atoms with Crippen LogP contribution in [0.1, 0.15) is 5.56 Å². The molecule has 0 bridgehead atoms. The Morgan fingerprint density at radius 1 is 1.06 bits per heavy atom. The molecule has 0 unspecified atom stereocenters. The Bertz CT molecular complexity index is 527. The number of halogens is 6. The molecule has 0 heterocycles. The monoisotopic (exact) mass is 294 g/mol. The largest absolute Gasteiger partial charge is 0.523 e. The van der Waals surface area contributed by atoms with Gasteiger partial charge < -0.3 is 0 Å². The molecule has 0 spiro atoms. The SMILES string of the molecule is O=S(=O)(OCc1cc(F)c(F)c(F)c1)C(F)(F)F. The van der Waals surface area contributed by atoms with Gasteiger partial charge in [-0.15, -0.1) is 0 Å². The van der Waals surface area contributed by atoms with E-state index >= 15 is 0 Å². The summed E-state index contributed by atoms with van der Waals surface area (Å²) in [5.41, 5.74) is -6.25. The third-order valence-corrected chi connectivity index (χ3v) is 2.70. The molecular weight excluding hydrogens is 290 g/mol. The van der Waals surface area contributed by atoms with Gasteiger partial charge in [-0.2, -0.15) is 21.6 Å². The molecule has 0 amide bonds. The number of rotatable bonds is 3. The van der Waals surface area contributed by atoms with E-state index in [2.05, 4.69) is 4.18 Å². The van der Waals surface area contributed by atoms with Crippen molar-refractivity contribution in [3.05, 3.63) is 35.1 Å².